The van der Waals surface area contributed by atoms with Gasteiger partial charge in [0, 0.05) is 20.1 Å². The fourth-order valence-corrected chi connectivity index (χ4v) is 1.54. The number of rotatable bonds is 7. The summed E-state index contributed by atoms with van der Waals surface area (Å²) in [5.74, 6) is 0. The van der Waals surface area contributed by atoms with Gasteiger partial charge in [0.15, 0.2) is 0 Å². The molecule has 2 unspecified atom stereocenters. The molecular weight excluding hydrogens is 246 g/mol. The first-order chi connectivity index (χ1) is 9.11. The zero-order valence-corrected chi connectivity index (χ0v) is 11.3. The number of hydrogen-bond donors (Lipinski definition) is 2. The monoisotopic (exact) mass is 267 g/mol. The van der Waals surface area contributed by atoms with E-state index in [1.54, 1.807) is 7.11 Å². The second-order valence-corrected chi connectivity index (χ2v) is 4.38. The highest BCUT2D eigenvalue weighted by Crippen LogP contribution is 2.02. The minimum atomic E-state index is -0.640. The molecule has 0 fully saturated rings. The average Bonchev–Trinajstić information content (AvgIpc) is 2.43. The molecule has 0 bridgehead atoms. The summed E-state index contributed by atoms with van der Waals surface area (Å²) >= 11 is 0. The van der Waals surface area contributed by atoms with Gasteiger partial charge in [-0.2, -0.15) is 0 Å². The Morgan fingerprint density at radius 3 is 2.68 bits per heavy atom. The van der Waals surface area contributed by atoms with Gasteiger partial charge in [0.2, 0.25) is 0 Å². The van der Waals surface area contributed by atoms with Crippen LogP contribution in [0, 0.1) is 0 Å². The summed E-state index contributed by atoms with van der Waals surface area (Å²) in [6, 6.07) is 9.42. The first-order valence-electron chi connectivity index (χ1n) is 6.27. The van der Waals surface area contributed by atoms with Crippen LogP contribution >= 0.6 is 0 Å². The molecule has 1 aromatic rings. The third-order valence-electron chi connectivity index (χ3n) is 2.70. The van der Waals surface area contributed by atoms with Crippen molar-refractivity contribution in [3.63, 3.8) is 0 Å². The maximum atomic E-state index is 11.4. The summed E-state index contributed by atoms with van der Waals surface area (Å²) in [6.45, 7) is 2.23. The normalized spacial score (nSPS) is 13.6. The van der Waals surface area contributed by atoms with Gasteiger partial charge < -0.3 is 19.9 Å². The third kappa shape index (κ3) is 6.79. The molecule has 0 aromatic heterocycles. The van der Waals surface area contributed by atoms with Crippen molar-refractivity contribution >= 4 is 6.09 Å². The molecule has 0 spiro atoms. The first-order valence-corrected chi connectivity index (χ1v) is 6.27. The molecule has 0 aliphatic carbocycles. The van der Waals surface area contributed by atoms with Crippen molar-refractivity contribution in [3.8, 4) is 0 Å². The number of benzene rings is 1. The fourth-order valence-electron chi connectivity index (χ4n) is 1.54. The Kier molecular flexibility index (Phi) is 6.92. The molecule has 0 aliphatic rings. The zero-order valence-electron chi connectivity index (χ0n) is 11.3. The molecule has 1 amide bonds. The summed E-state index contributed by atoms with van der Waals surface area (Å²) in [7, 11) is 1.58. The molecule has 0 heterocycles. The van der Waals surface area contributed by atoms with Crippen molar-refractivity contribution in [1.82, 2.24) is 5.32 Å². The van der Waals surface area contributed by atoms with Gasteiger partial charge in [-0.3, -0.25) is 0 Å². The lowest BCUT2D eigenvalue weighted by atomic mass is 10.2. The van der Waals surface area contributed by atoms with E-state index in [1.165, 1.54) is 0 Å². The van der Waals surface area contributed by atoms with Gasteiger partial charge in [0.05, 0.1) is 12.2 Å². The number of carbonyl (C=O) groups excluding carboxylic acids is 1. The molecule has 1 aromatic carbocycles. The average molecular weight is 267 g/mol. The van der Waals surface area contributed by atoms with E-state index in [-0.39, 0.29) is 19.3 Å². The topological polar surface area (TPSA) is 67.8 Å². The lowest BCUT2D eigenvalue weighted by molar-refractivity contribution is 0.0547. The minimum absolute atomic E-state index is 0.0443. The number of aliphatic hydroxyl groups excluding tert-OH is 1. The van der Waals surface area contributed by atoms with Crippen LogP contribution in [0.3, 0.4) is 0 Å². The summed E-state index contributed by atoms with van der Waals surface area (Å²) in [5, 5.41) is 12.1. The molecule has 1 rings (SSSR count). The number of nitrogens with one attached hydrogen (secondary N) is 1. The quantitative estimate of drug-likeness (QED) is 0.789. The second kappa shape index (κ2) is 8.50. The van der Waals surface area contributed by atoms with Gasteiger partial charge in [0.25, 0.3) is 0 Å². The van der Waals surface area contributed by atoms with Gasteiger partial charge in [0.1, 0.15) is 6.61 Å². The number of alkyl carbamates (subject to hydrolysis) is 1. The molecule has 2 N–H and O–H groups in total. The van der Waals surface area contributed by atoms with Gasteiger partial charge in [-0.15, -0.1) is 0 Å². The van der Waals surface area contributed by atoms with Crippen LogP contribution in [-0.2, 0) is 16.1 Å². The highest BCUT2D eigenvalue weighted by molar-refractivity contribution is 5.67. The highest BCUT2D eigenvalue weighted by atomic mass is 16.5. The lowest BCUT2D eigenvalue weighted by Crippen LogP contribution is -2.34. The van der Waals surface area contributed by atoms with Crippen molar-refractivity contribution in [1.29, 1.82) is 0 Å². The molecular formula is C14H21NO4. The van der Waals surface area contributed by atoms with Crippen molar-refractivity contribution in [2.45, 2.75) is 32.2 Å². The van der Waals surface area contributed by atoms with Gasteiger partial charge in [-0.1, -0.05) is 30.3 Å². The predicted octanol–water partition coefficient (Wildman–Crippen LogP) is 1.70. The molecule has 2 atom stereocenters. The Morgan fingerprint density at radius 2 is 2.05 bits per heavy atom. The van der Waals surface area contributed by atoms with Crippen LogP contribution < -0.4 is 5.32 Å². The van der Waals surface area contributed by atoms with Crippen LogP contribution in [0.25, 0.3) is 0 Å². The van der Waals surface area contributed by atoms with Gasteiger partial charge >= 0.3 is 6.09 Å². The largest absolute Gasteiger partial charge is 0.445 e. The predicted molar refractivity (Wildman–Crippen MR) is 71.7 cm³/mol. The van der Waals surface area contributed by atoms with E-state index in [0.717, 1.165) is 5.56 Å². The number of methoxy groups -OCH3 is 1. The maximum Gasteiger partial charge on any atom is 0.407 e. The third-order valence-corrected chi connectivity index (χ3v) is 2.70. The molecule has 5 heteroatoms. The van der Waals surface area contributed by atoms with E-state index >= 15 is 0 Å². The Hall–Kier alpha value is -1.59. The van der Waals surface area contributed by atoms with Crippen molar-refractivity contribution in [3.05, 3.63) is 35.9 Å². The fraction of sp³-hybridized carbons (Fsp3) is 0.500. The summed E-state index contributed by atoms with van der Waals surface area (Å²) in [6.07, 6.45) is -0.750. The number of carbonyl (C=O) groups is 1. The first kappa shape index (κ1) is 15.5. The van der Waals surface area contributed by atoms with Crippen molar-refractivity contribution in [2.75, 3.05) is 13.7 Å². The molecule has 0 aliphatic heterocycles. The van der Waals surface area contributed by atoms with Crippen LogP contribution in [0.1, 0.15) is 18.9 Å². The SMILES string of the molecule is COC(C)CC(O)CNC(=O)OCc1ccccc1. The minimum Gasteiger partial charge on any atom is -0.445 e. The Balaban J connectivity index is 2.17. The smallest absolute Gasteiger partial charge is 0.407 e. The van der Waals surface area contributed by atoms with E-state index in [2.05, 4.69) is 5.32 Å². The summed E-state index contributed by atoms with van der Waals surface area (Å²) in [4.78, 5) is 11.4. The van der Waals surface area contributed by atoms with Crippen LogP contribution in [0.4, 0.5) is 4.79 Å². The van der Waals surface area contributed by atoms with Crippen molar-refractivity contribution in [2.24, 2.45) is 0 Å². The molecule has 0 radical (unpaired) electrons. The van der Waals surface area contributed by atoms with E-state index < -0.39 is 12.2 Å². The van der Waals surface area contributed by atoms with Crippen LogP contribution in [0.5, 0.6) is 0 Å². The van der Waals surface area contributed by atoms with Crippen LogP contribution in [-0.4, -0.2) is 37.1 Å². The number of amides is 1. The Bertz CT molecular complexity index is 369. The number of hydrogen-bond acceptors (Lipinski definition) is 4. The van der Waals surface area contributed by atoms with Crippen LogP contribution in [0.15, 0.2) is 30.3 Å². The Morgan fingerprint density at radius 1 is 1.37 bits per heavy atom. The molecule has 0 saturated heterocycles. The van der Waals surface area contributed by atoms with Crippen LogP contribution in [0.2, 0.25) is 0 Å². The second-order valence-electron chi connectivity index (χ2n) is 4.38. The Labute approximate surface area is 113 Å². The van der Waals surface area contributed by atoms with E-state index in [1.807, 2.05) is 37.3 Å². The number of ether oxygens (including phenoxy) is 2. The lowest BCUT2D eigenvalue weighted by Gasteiger charge is -2.15. The molecule has 106 valence electrons. The highest BCUT2D eigenvalue weighted by Gasteiger charge is 2.11. The van der Waals surface area contributed by atoms with E-state index in [0.29, 0.717) is 6.42 Å². The standard InChI is InChI=1S/C14H21NO4/c1-11(18-2)8-13(16)9-15-14(17)19-10-12-6-4-3-5-7-12/h3-7,11,13,16H,8-10H2,1-2H3,(H,15,17). The van der Waals surface area contributed by atoms with E-state index in [4.69, 9.17) is 9.47 Å². The molecule has 19 heavy (non-hydrogen) atoms. The molecule has 0 saturated carbocycles. The van der Waals surface area contributed by atoms with Gasteiger partial charge in [-0.05, 0) is 12.5 Å². The molecule has 5 nitrogen and oxygen atoms in total. The van der Waals surface area contributed by atoms with E-state index in [9.17, 15) is 9.90 Å². The number of aliphatic hydroxyl groups is 1. The summed E-state index contributed by atoms with van der Waals surface area (Å²) in [5.41, 5.74) is 0.922. The summed E-state index contributed by atoms with van der Waals surface area (Å²) < 4.78 is 10.0. The maximum absolute atomic E-state index is 11.4. The zero-order chi connectivity index (χ0) is 14.1. The van der Waals surface area contributed by atoms with Crippen molar-refractivity contribution < 1.29 is 19.4 Å². The van der Waals surface area contributed by atoms with Gasteiger partial charge in [-0.25, -0.2) is 4.79 Å².